The molecule has 2 amide bonds. The van der Waals surface area contributed by atoms with Crippen LogP contribution >= 0.6 is 11.8 Å². The maximum absolute atomic E-state index is 13.2. The number of hydrogen-bond donors (Lipinski definition) is 1. The normalized spacial score (nSPS) is 15.2. The second-order valence-corrected chi connectivity index (χ2v) is 6.86. The van der Waals surface area contributed by atoms with Gasteiger partial charge in [0.1, 0.15) is 5.82 Å². The third-order valence-electron chi connectivity index (χ3n) is 4.10. The van der Waals surface area contributed by atoms with E-state index in [9.17, 15) is 14.0 Å². The van der Waals surface area contributed by atoms with Crippen LogP contribution in [0.15, 0.2) is 54.6 Å². The summed E-state index contributed by atoms with van der Waals surface area (Å²) >= 11 is 1.29. The molecule has 3 rings (SSSR count). The van der Waals surface area contributed by atoms with Gasteiger partial charge >= 0.3 is 0 Å². The summed E-state index contributed by atoms with van der Waals surface area (Å²) in [6, 6.07) is 15.3. The molecule has 0 bridgehead atoms. The Labute approximate surface area is 150 Å². The number of nitrogens with one attached hydrogen (secondary N) is 1. The van der Waals surface area contributed by atoms with E-state index in [4.69, 9.17) is 0 Å². The first-order valence-corrected chi connectivity index (χ1v) is 9.13. The van der Waals surface area contributed by atoms with Crippen LogP contribution in [-0.4, -0.2) is 34.9 Å². The van der Waals surface area contributed by atoms with Crippen molar-refractivity contribution in [3.63, 3.8) is 0 Å². The third kappa shape index (κ3) is 4.60. The monoisotopic (exact) mass is 358 g/mol. The summed E-state index contributed by atoms with van der Waals surface area (Å²) in [4.78, 5) is 25.7. The SMILES string of the molecule is O=C(CCN1CCSC1=O)NC(c1ccccc1)c1ccc(F)cc1. The van der Waals surface area contributed by atoms with Gasteiger partial charge in [0.05, 0.1) is 6.04 Å². The Bertz CT molecular complexity index is 737. The topological polar surface area (TPSA) is 49.4 Å². The van der Waals surface area contributed by atoms with Crippen molar-refractivity contribution in [2.24, 2.45) is 0 Å². The van der Waals surface area contributed by atoms with E-state index in [1.54, 1.807) is 17.0 Å². The predicted molar refractivity (Wildman–Crippen MR) is 96.9 cm³/mol. The van der Waals surface area contributed by atoms with Crippen molar-refractivity contribution in [2.75, 3.05) is 18.8 Å². The summed E-state index contributed by atoms with van der Waals surface area (Å²) in [7, 11) is 0. The number of nitrogens with zero attached hydrogens (tertiary/aromatic N) is 1. The molecular formula is C19H19FN2O2S. The highest BCUT2D eigenvalue weighted by Crippen LogP contribution is 2.23. The minimum absolute atomic E-state index is 0.0333. The number of halogens is 1. The van der Waals surface area contributed by atoms with E-state index in [1.807, 2.05) is 30.3 Å². The Balaban J connectivity index is 1.70. The zero-order valence-electron chi connectivity index (χ0n) is 13.7. The highest BCUT2D eigenvalue weighted by atomic mass is 32.2. The zero-order chi connectivity index (χ0) is 17.6. The first-order valence-electron chi connectivity index (χ1n) is 8.15. The molecule has 1 fully saturated rings. The summed E-state index contributed by atoms with van der Waals surface area (Å²) in [6.45, 7) is 1.11. The van der Waals surface area contributed by atoms with Gasteiger partial charge in [0, 0.05) is 25.3 Å². The van der Waals surface area contributed by atoms with Crippen molar-refractivity contribution in [3.05, 3.63) is 71.5 Å². The van der Waals surface area contributed by atoms with Crippen LogP contribution in [0.4, 0.5) is 9.18 Å². The van der Waals surface area contributed by atoms with Gasteiger partial charge in [0.25, 0.3) is 5.24 Å². The lowest BCUT2D eigenvalue weighted by Gasteiger charge is -2.21. The van der Waals surface area contributed by atoms with E-state index in [1.165, 1.54) is 23.9 Å². The van der Waals surface area contributed by atoms with Gasteiger partial charge in [-0.2, -0.15) is 0 Å². The summed E-state index contributed by atoms with van der Waals surface area (Å²) in [5.74, 6) is 0.331. The van der Waals surface area contributed by atoms with Crippen LogP contribution in [-0.2, 0) is 4.79 Å². The lowest BCUT2D eigenvalue weighted by molar-refractivity contribution is -0.121. The molecule has 130 valence electrons. The summed E-state index contributed by atoms with van der Waals surface area (Å²) in [5.41, 5.74) is 1.74. The average molecular weight is 358 g/mol. The first kappa shape index (κ1) is 17.5. The fourth-order valence-electron chi connectivity index (χ4n) is 2.76. The molecule has 2 aromatic carbocycles. The standard InChI is InChI=1S/C19H19FN2O2S/c20-16-8-6-15(7-9-16)18(14-4-2-1-3-5-14)21-17(23)10-11-22-12-13-25-19(22)24/h1-9,18H,10-13H2,(H,21,23). The number of benzene rings is 2. The lowest BCUT2D eigenvalue weighted by Crippen LogP contribution is -2.33. The van der Waals surface area contributed by atoms with Gasteiger partial charge in [-0.1, -0.05) is 54.2 Å². The van der Waals surface area contributed by atoms with Gasteiger partial charge in [-0.15, -0.1) is 0 Å². The number of amides is 2. The lowest BCUT2D eigenvalue weighted by atomic mass is 9.98. The fourth-order valence-corrected chi connectivity index (χ4v) is 3.61. The van der Waals surface area contributed by atoms with Gasteiger partial charge in [-0.3, -0.25) is 9.59 Å². The molecule has 25 heavy (non-hydrogen) atoms. The quantitative estimate of drug-likeness (QED) is 0.858. The second-order valence-electron chi connectivity index (χ2n) is 5.81. The zero-order valence-corrected chi connectivity index (χ0v) is 14.5. The summed E-state index contributed by atoms with van der Waals surface area (Å²) in [6.07, 6.45) is 0.247. The molecule has 1 unspecified atom stereocenters. The molecule has 0 radical (unpaired) electrons. The number of thioether (sulfide) groups is 1. The van der Waals surface area contributed by atoms with E-state index in [2.05, 4.69) is 5.32 Å². The second kappa shape index (κ2) is 8.16. The van der Waals surface area contributed by atoms with Gasteiger partial charge in [0.2, 0.25) is 5.91 Å². The van der Waals surface area contributed by atoms with Crippen LogP contribution < -0.4 is 5.32 Å². The first-order chi connectivity index (χ1) is 12.1. The predicted octanol–water partition coefficient (Wildman–Crippen LogP) is 3.59. The Hall–Kier alpha value is -2.34. The molecule has 0 aromatic heterocycles. The number of carbonyl (C=O) groups is 2. The molecule has 0 saturated carbocycles. The molecule has 0 aliphatic carbocycles. The average Bonchev–Trinajstić information content (AvgIpc) is 3.04. The van der Waals surface area contributed by atoms with Crippen molar-refractivity contribution >= 4 is 22.9 Å². The van der Waals surface area contributed by atoms with E-state index in [0.717, 1.165) is 16.9 Å². The van der Waals surface area contributed by atoms with E-state index in [0.29, 0.717) is 13.1 Å². The van der Waals surface area contributed by atoms with Crippen molar-refractivity contribution in [2.45, 2.75) is 12.5 Å². The fraction of sp³-hybridized carbons (Fsp3) is 0.263. The Morgan fingerprint density at radius 2 is 1.80 bits per heavy atom. The van der Waals surface area contributed by atoms with Crippen LogP contribution in [0, 0.1) is 5.82 Å². The van der Waals surface area contributed by atoms with Crippen molar-refractivity contribution in [1.82, 2.24) is 10.2 Å². The Morgan fingerprint density at radius 3 is 2.44 bits per heavy atom. The van der Waals surface area contributed by atoms with E-state index in [-0.39, 0.29) is 29.4 Å². The van der Waals surface area contributed by atoms with Crippen LogP contribution in [0.3, 0.4) is 0 Å². The maximum atomic E-state index is 13.2. The van der Waals surface area contributed by atoms with Gasteiger partial charge < -0.3 is 10.2 Å². The molecule has 4 nitrogen and oxygen atoms in total. The highest BCUT2D eigenvalue weighted by Gasteiger charge is 2.22. The summed E-state index contributed by atoms with van der Waals surface area (Å²) in [5, 5.41) is 3.03. The number of carbonyl (C=O) groups excluding carboxylic acids is 2. The minimum Gasteiger partial charge on any atom is -0.345 e. The molecule has 1 saturated heterocycles. The van der Waals surface area contributed by atoms with Crippen LogP contribution in [0.1, 0.15) is 23.6 Å². The molecule has 1 aliphatic rings. The van der Waals surface area contributed by atoms with Crippen molar-refractivity contribution < 1.29 is 14.0 Å². The van der Waals surface area contributed by atoms with Crippen LogP contribution in [0.25, 0.3) is 0 Å². The van der Waals surface area contributed by atoms with Gasteiger partial charge in [-0.25, -0.2) is 4.39 Å². The largest absolute Gasteiger partial charge is 0.345 e. The van der Waals surface area contributed by atoms with E-state index < -0.39 is 0 Å². The summed E-state index contributed by atoms with van der Waals surface area (Å²) < 4.78 is 13.2. The van der Waals surface area contributed by atoms with Gasteiger partial charge in [0.15, 0.2) is 0 Å². The number of hydrogen-bond acceptors (Lipinski definition) is 3. The molecule has 1 N–H and O–H groups in total. The minimum atomic E-state index is -0.349. The Morgan fingerprint density at radius 1 is 1.12 bits per heavy atom. The molecule has 2 aromatic rings. The molecule has 6 heteroatoms. The van der Waals surface area contributed by atoms with Crippen molar-refractivity contribution in [1.29, 1.82) is 0 Å². The highest BCUT2D eigenvalue weighted by molar-refractivity contribution is 8.13. The molecular weight excluding hydrogens is 339 g/mol. The molecule has 1 aliphatic heterocycles. The maximum Gasteiger partial charge on any atom is 0.281 e. The molecule has 0 spiro atoms. The molecule has 1 atom stereocenters. The van der Waals surface area contributed by atoms with Crippen LogP contribution in [0.5, 0.6) is 0 Å². The third-order valence-corrected chi connectivity index (χ3v) is 4.99. The smallest absolute Gasteiger partial charge is 0.281 e. The van der Waals surface area contributed by atoms with E-state index >= 15 is 0 Å². The Kier molecular flexibility index (Phi) is 5.71. The van der Waals surface area contributed by atoms with Crippen molar-refractivity contribution in [3.8, 4) is 0 Å². The number of rotatable bonds is 6. The van der Waals surface area contributed by atoms with Crippen LogP contribution in [0.2, 0.25) is 0 Å². The molecule has 1 heterocycles. The van der Waals surface area contributed by atoms with Gasteiger partial charge in [-0.05, 0) is 23.3 Å².